The summed E-state index contributed by atoms with van der Waals surface area (Å²) in [4.78, 5) is 0. The lowest BCUT2D eigenvalue weighted by atomic mass is 10.6. The molecule has 0 saturated carbocycles. The standard InChI is InChI=1S/C3H3FN4/c4-3-2(5)1-6-8-7-3/h1H,(H2,5,8). The fourth-order valence-corrected chi connectivity index (χ4v) is 0.264. The average Bonchev–Trinajstić information content (AvgIpc) is 1.77. The summed E-state index contributed by atoms with van der Waals surface area (Å²) in [7, 11) is 0. The highest BCUT2D eigenvalue weighted by atomic mass is 19.1. The van der Waals surface area contributed by atoms with Gasteiger partial charge in [0.2, 0.25) is 0 Å². The van der Waals surface area contributed by atoms with Crippen LogP contribution in [0.25, 0.3) is 0 Å². The van der Waals surface area contributed by atoms with Crippen LogP contribution in [0.3, 0.4) is 0 Å². The number of aromatic nitrogens is 3. The lowest BCUT2D eigenvalue weighted by molar-refractivity contribution is 0.554. The van der Waals surface area contributed by atoms with Crippen LogP contribution in [0, 0.1) is 5.95 Å². The lowest BCUT2D eigenvalue weighted by Gasteiger charge is -1.86. The number of halogens is 1. The molecule has 0 aromatic carbocycles. The number of nitrogen functional groups attached to an aromatic ring is 1. The Morgan fingerprint density at radius 1 is 1.62 bits per heavy atom. The molecule has 42 valence electrons. The van der Waals surface area contributed by atoms with E-state index in [0.29, 0.717) is 0 Å². The minimum Gasteiger partial charge on any atom is -0.394 e. The van der Waals surface area contributed by atoms with Gasteiger partial charge in [-0.1, -0.05) is 5.10 Å². The summed E-state index contributed by atoms with van der Waals surface area (Å²) in [6, 6.07) is 0. The van der Waals surface area contributed by atoms with Crippen LogP contribution >= 0.6 is 0 Å². The molecule has 0 amide bonds. The molecule has 1 heterocycles. The SMILES string of the molecule is Nc1cnnnc1F. The van der Waals surface area contributed by atoms with Crippen molar-refractivity contribution in [3.8, 4) is 0 Å². The van der Waals surface area contributed by atoms with Gasteiger partial charge in [0.05, 0.1) is 6.20 Å². The highest BCUT2D eigenvalue weighted by Gasteiger charge is 1.94. The predicted molar refractivity (Wildman–Crippen MR) is 24.2 cm³/mol. The summed E-state index contributed by atoms with van der Waals surface area (Å²) in [5.41, 5.74) is 4.90. The van der Waals surface area contributed by atoms with E-state index in [4.69, 9.17) is 5.73 Å². The Hall–Kier alpha value is -1.26. The molecule has 0 atom stereocenters. The van der Waals surface area contributed by atoms with Gasteiger partial charge in [-0.25, -0.2) is 0 Å². The predicted octanol–water partition coefficient (Wildman–Crippen LogP) is -0.407. The first-order valence-electron chi connectivity index (χ1n) is 1.90. The zero-order valence-corrected chi connectivity index (χ0v) is 3.87. The summed E-state index contributed by atoms with van der Waals surface area (Å²) >= 11 is 0. The third-order valence-corrected chi connectivity index (χ3v) is 0.619. The molecule has 0 unspecified atom stereocenters. The molecule has 8 heavy (non-hydrogen) atoms. The maximum atomic E-state index is 12.0. The van der Waals surface area contributed by atoms with Gasteiger partial charge in [-0.3, -0.25) is 0 Å². The summed E-state index contributed by atoms with van der Waals surface area (Å²) < 4.78 is 12.0. The number of hydrogen-bond acceptors (Lipinski definition) is 4. The van der Waals surface area contributed by atoms with Crippen LogP contribution in [-0.2, 0) is 0 Å². The maximum absolute atomic E-state index is 12.0. The number of nitrogens with zero attached hydrogens (tertiary/aromatic N) is 3. The molecule has 5 heteroatoms. The van der Waals surface area contributed by atoms with Crippen molar-refractivity contribution in [1.82, 2.24) is 15.4 Å². The van der Waals surface area contributed by atoms with Crippen LogP contribution in [0.4, 0.5) is 10.1 Å². The number of rotatable bonds is 0. The van der Waals surface area contributed by atoms with E-state index in [0.717, 1.165) is 6.20 Å². The van der Waals surface area contributed by atoms with E-state index in [-0.39, 0.29) is 5.69 Å². The Morgan fingerprint density at radius 2 is 2.38 bits per heavy atom. The minimum atomic E-state index is -0.778. The first-order valence-corrected chi connectivity index (χ1v) is 1.90. The Morgan fingerprint density at radius 3 is 2.75 bits per heavy atom. The molecule has 0 aliphatic heterocycles. The van der Waals surface area contributed by atoms with Gasteiger partial charge in [0, 0.05) is 0 Å². The van der Waals surface area contributed by atoms with Crippen LogP contribution in [0.2, 0.25) is 0 Å². The average molecular weight is 114 g/mol. The molecular formula is C3H3FN4. The molecule has 0 fully saturated rings. The third kappa shape index (κ3) is 0.699. The van der Waals surface area contributed by atoms with E-state index in [1.807, 2.05) is 0 Å². The molecule has 2 N–H and O–H groups in total. The highest BCUT2D eigenvalue weighted by molar-refractivity contribution is 5.30. The van der Waals surface area contributed by atoms with E-state index in [2.05, 4.69) is 15.4 Å². The summed E-state index contributed by atoms with van der Waals surface area (Å²) in [5, 5.41) is 9.14. The second kappa shape index (κ2) is 1.69. The van der Waals surface area contributed by atoms with Gasteiger partial charge in [0.15, 0.2) is 0 Å². The normalized spacial score (nSPS) is 9.12. The summed E-state index contributed by atoms with van der Waals surface area (Å²) in [6.07, 6.45) is 1.10. The molecular weight excluding hydrogens is 111 g/mol. The van der Waals surface area contributed by atoms with Gasteiger partial charge in [-0.05, 0) is 5.21 Å². The van der Waals surface area contributed by atoms with E-state index in [9.17, 15) is 4.39 Å². The van der Waals surface area contributed by atoms with Crippen molar-refractivity contribution in [2.24, 2.45) is 0 Å². The van der Waals surface area contributed by atoms with Crippen molar-refractivity contribution in [2.75, 3.05) is 5.73 Å². The van der Waals surface area contributed by atoms with E-state index < -0.39 is 5.95 Å². The van der Waals surface area contributed by atoms with Crippen LogP contribution in [0.5, 0.6) is 0 Å². The monoisotopic (exact) mass is 114 g/mol. The van der Waals surface area contributed by atoms with Gasteiger partial charge in [-0.15, -0.1) is 5.10 Å². The van der Waals surface area contributed by atoms with Crippen LogP contribution in [-0.4, -0.2) is 15.4 Å². The van der Waals surface area contributed by atoms with Gasteiger partial charge in [0.1, 0.15) is 5.69 Å². The fourth-order valence-electron chi connectivity index (χ4n) is 0.264. The number of anilines is 1. The first kappa shape index (κ1) is 4.89. The van der Waals surface area contributed by atoms with E-state index in [1.54, 1.807) is 0 Å². The zero-order valence-electron chi connectivity index (χ0n) is 3.87. The van der Waals surface area contributed by atoms with E-state index in [1.165, 1.54) is 0 Å². The van der Waals surface area contributed by atoms with Gasteiger partial charge >= 0.3 is 0 Å². The Bertz CT molecular complexity index is 167. The van der Waals surface area contributed by atoms with Crippen molar-refractivity contribution in [3.63, 3.8) is 0 Å². The topological polar surface area (TPSA) is 64.7 Å². The number of hydrogen-bond donors (Lipinski definition) is 1. The van der Waals surface area contributed by atoms with Crippen molar-refractivity contribution < 1.29 is 4.39 Å². The Balaban J connectivity index is 3.13. The van der Waals surface area contributed by atoms with E-state index >= 15 is 0 Å². The second-order valence-electron chi connectivity index (χ2n) is 1.18. The van der Waals surface area contributed by atoms with Crippen LogP contribution in [0.15, 0.2) is 6.20 Å². The maximum Gasteiger partial charge on any atom is 0.259 e. The van der Waals surface area contributed by atoms with Crippen molar-refractivity contribution in [2.45, 2.75) is 0 Å². The molecule has 1 aromatic rings. The first-order chi connectivity index (χ1) is 3.80. The largest absolute Gasteiger partial charge is 0.394 e. The minimum absolute atomic E-state index is 0.0833. The Labute approximate surface area is 44.5 Å². The van der Waals surface area contributed by atoms with Crippen LogP contribution < -0.4 is 5.73 Å². The zero-order chi connectivity index (χ0) is 5.98. The molecule has 0 aliphatic rings. The smallest absolute Gasteiger partial charge is 0.259 e. The van der Waals surface area contributed by atoms with Gasteiger partial charge in [0.25, 0.3) is 5.95 Å². The van der Waals surface area contributed by atoms with Crippen molar-refractivity contribution in [3.05, 3.63) is 12.1 Å². The Kier molecular flexibility index (Phi) is 1.03. The van der Waals surface area contributed by atoms with Crippen molar-refractivity contribution >= 4 is 5.69 Å². The summed E-state index contributed by atoms with van der Waals surface area (Å²) in [6.45, 7) is 0. The van der Waals surface area contributed by atoms with Crippen molar-refractivity contribution in [1.29, 1.82) is 0 Å². The lowest BCUT2D eigenvalue weighted by Crippen LogP contribution is -1.97. The summed E-state index contributed by atoms with van der Waals surface area (Å²) in [5.74, 6) is -0.778. The molecule has 4 nitrogen and oxygen atoms in total. The molecule has 0 spiro atoms. The van der Waals surface area contributed by atoms with Crippen LogP contribution in [0.1, 0.15) is 0 Å². The third-order valence-electron chi connectivity index (χ3n) is 0.619. The highest BCUT2D eigenvalue weighted by Crippen LogP contribution is 1.97. The molecule has 0 aliphatic carbocycles. The molecule has 1 rings (SSSR count). The molecule has 0 radical (unpaired) electrons. The quantitative estimate of drug-likeness (QED) is 0.498. The number of nitrogens with two attached hydrogens (primary N) is 1. The molecule has 0 saturated heterocycles. The van der Waals surface area contributed by atoms with Gasteiger partial charge in [-0.2, -0.15) is 4.39 Å². The second-order valence-corrected chi connectivity index (χ2v) is 1.18. The molecule has 1 aromatic heterocycles. The molecule has 0 bridgehead atoms. The fraction of sp³-hybridized carbons (Fsp3) is 0. The van der Waals surface area contributed by atoms with Gasteiger partial charge < -0.3 is 5.73 Å².